The van der Waals surface area contributed by atoms with Gasteiger partial charge in [0.25, 0.3) is 5.91 Å². The number of carbonyl (C=O) groups excluding carboxylic acids is 1. The highest BCUT2D eigenvalue weighted by atomic mass is 16.5. The van der Waals surface area contributed by atoms with Gasteiger partial charge in [0.05, 0.1) is 25.9 Å². The van der Waals surface area contributed by atoms with E-state index in [2.05, 4.69) is 31.0 Å². The number of amides is 1. The van der Waals surface area contributed by atoms with E-state index in [1.807, 2.05) is 10.7 Å². The molecule has 1 saturated heterocycles. The molecule has 0 radical (unpaired) electrons. The van der Waals surface area contributed by atoms with Crippen LogP contribution in [-0.2, 0) is 15.0 Å². The molecule has 7 heteroatoms. The number of aromatic nitrogens is 2. The minimum absolute atomic E-state index is 0.0722. The standard InChI is InChI=1S/C16H26N4O3/c1-11(2)16(10-22-4)9-17-15(21)13-7-14(18-20(13)16)19-5-6-23-8-12(19)3/h7,11-12H,5-6,8-10H2,1-4H3,(H,17,21)/t12-,16-/m1/s1. The van der Waals surface area contributed by atoms with Gasteiger partial charge in [-0.05, 0) is 12.8 Å². The predicted molar refractivity (Wildman–Crippen MR) is 86.9 cm³/mol. The van der Waals surface area contributed by atoms with Gasteiger partial charge in [-0.1, -0.05) is 13.8 Å². The number of nitrogens with one attached hydrogen (secondary N) is 1. The van der Waals surface area contributed by atoms with Crippen molar-refractivity contribution in [2.24, 2.45) is 5.92 Å². The molecule has 2 aliphatic rings. The average molecular weight is 322 g/mol. The molecule has 0 unspecified atom stereocenters. The summed E-state index contributed by atoms with van der Waals surface area (Å²) in [5, 5.41) is 7.81. The van der Waals surface area contributed by atoms with E-state index in [9.17, 15) is 4.79 Å². The molecule has 1 aromatic heterocycles. The molecule has 0 saturated carbocycles. The van der Waals surface area contributed by atoms with Gasteiger partial charge in [0, 0.05) is 26.3 Å². The molecule has 2 aliphatic heterocycles. The molecule has 3 heterocycles. The van der Waals surface area contributed by atoms with E-state index in [0.29, 0.717) is 32.1 Å². The zero-order chi connectivity index (χ0) is 16.6. The number of rotatable bonds is 4. The second-order valence-electron chi connectivity index (χ2n) is 6.79. The second-order valence-corrected chi connectivity index (χ2v) is 6.79. The SMILES string of the molecule is COC[C@@]1(C(C)C)CNC(=O)c2cc(N3CCOC[C@H]3C)nn21. The first kappa shape index (κ1) is 16.3. The molecule has 0 aromatic carbocycles. The maximum Gasteiger partial charge on any atom is 0.269 e. The first-order valence-electron chi connectivity index (χ1n) is 8.21. The minimum Gasteiger partial charge on any atom is -0.382 e. The fourth-order valence-electron chi connectivity index (χ4n) is 3.45. The first-order chi connectivity index (χ1) is 11.0. The third kappa shape index (κ3) is 2.61. The summed E-state index contributed by atoms with van der Waals surface area (Å²) in [6.45, 7) is 9.59. The molecular formula is C16H26N4O3. The van der Waals surface area contributed by atoms with Gasteiger partial charge in [-0.2, -0.15) is 5.10 Å². The highest BCUT2D eigenvalue weighted by Crippen LogP contribution is 2.33. The lowest BCUT2D eigenvalue weighted by atomic mass is 9.85. The van der Waals surface area contributed by atoms with Crippen LogP contribution in [-0.4, -0.2) is 61.7 Å². The van der Waals surface area contributed by atoms with E-state index < -0.39 is 0 Å². The molecule has 128 valence electrons. The number of ether oxygens (including phenoxy) is 2. The van der Waals surface area contributed by atoms with Crippen molar-refractivity contribution in [3.63, 3.8) is 0 Å². The number of hydrogen-bond donors (Lipinski definition) is 1. The van der Waals surface area contributed by atoms with E-state index in [-0.39, 0.29) is 23.4 Å². The molecule has 0 bridgehead atoms. The third-order valence-electron chi connectivity index (χ3n) is 5.04. The Hall–Kier alpha value is -1.60. The Balaban J connectivity index is 2.04. The van der Waals surface area contributed by atoms with Crippen molar-refractivity contribution in [1.82, 2.24) is 15.1 Å². The fourth-order valence-corrected chi connectivity index (χ4v) is 3.45. The van der Waals surface area contributed by atoms with Crippen LogP contribution in [0, 0.1) is 5.92 Å². The summed E-state index contributed by atoms with van der Waals surface area (Å²) < 4.78 is 12.9. The summed E-state index contributed by atoms with van der Waals surface area (Å²) in [5.74, 6) is 1.04. The maximum absolute atomic E-state index is 12.3. The summed E-state index contributed by atoms with van der Waals surface area (Å²) >= 11 is 0. The number of nitrogens with zero attached hydrogens (tertiary/aromatic N) is 3. The predicted octanol–water partition coefficient (Wildman–Crippen LogP) is 0.849. The van der Waals surface area contributed by atoms with Crippen LogP contribution in [0.4, 0.5) is 5.82 Å². The summed E-state index contributed by atoms with van der Waals surface area (Å²) in [4.78, 5) is 14.5. The van der Waals surface area contributed by atoms with Gasteiger partial charge in [-0.15, -0.1) is 0 Å². The highest BCUT2D eigenvalue weighted by Gasteiger charge is 2.44. The average Bonchev–Trinajstić information content (AvgIpc) is 2.97. The van der Waals surface area contributed by atoms with Crippen molar-refractivity contribution in [3.05, 3.63) is 11.8 Å². The number of fused-ring (bicyclic) bond motifs is 1. The molecular weight excluding hydrogens is 296 g/mol. The quantitative estimate of drug-likeness (QED) is 0.890. The van der Waals surface area contributed by atoms with Gasteiger partial charge in [-0.25, -0.2) is 4.68 Å². The molecule has 7 nitrogen and oxygen atoms in total. The van der Waals surface area contributed by atoms with Crippen molar-refractivity contribution < 1.29 is 14.3 Å². The third-order valence-corrected chi connectivity index (χ3v) is 5.04. The lowest BCUT2D eigenvalue weighted by Gasteiger charge is -2.41. The van der Waals surface area contributed by atoms with Crippen molar-refractivity contribution in [2.45, 2.75) is 32.4 Å². The smallest absolute Gasteiger partial charge is 0.269 e. The Bertz CT molecular complexity index is 586. The van der Waals surface area contributed by atoms with Crippen LogP contribution in [0.1, 0.15) is 31.3 Å². The number of morpholine rings is 1. The Morgan fingerprint density at radius 2 is 2.35 bits per heavy atom. The van der Waals surface area contributed by atoms with Gasteiger partial charge in [0.15, 0.2) is 5.82 Å². The normalized spacial score (nSPS) is 28.0. The van der Waals surface area contributed by atoms with E-state index in [1.54, 1.807) is 7.11 Å². The molecule has 1 N–H and O–H groups in total. The second kappa shape index (κ2) is 6.13. The van der Waals surface area contributed by atoms with Crippen LogP contribution < -0.4 is 10.2 Å². The van der Waals surface area contributed by atoms with E-state index in [4.69, 9.17) is 14.6 Å². The van der Waals surface area contributed by atoms with E-state index in [0.717, 1.165) is 12.4 Å². The summed E-state index contributed by atoms with van der Waals surface area (Å²) in [6.07, 6.45) is 0. The number of carbonyl (C=O) groups is 1. The molecule has 3 rings (SSSR count). The van der Waals surface area contributed by atoms with Crippen LogP contribution in [0.25, 0.3) is 0 Å². The van der Waals surface area contributed by atoms with Crippen LogP contribution in [0.3, 0.4) is 0 Å². The fraction of sp³-hybridized carbons (Fsp3) is 0.750. The lowest BCUT2D eigenvalue weighted by molar-refractivity contribution is 0.0293. The zero-order valence-corrected chi connectivity index (χ0v) is 14.3. The maximum atomic E-state index is 12.3. The van der Waals surface area contributed by atoms with Crippen LogP contribution in [0.2, 0.25) is 0 Å². The largest absolute Gasteiger partial charge is 0.382 e. The highest BCUT2D eigenvalue weighted by molar-refractivity contribution is 5.94. The zero-order valence-electron chi connectivity index (χ0n) is 14.3. The Kier molecular flexibility index (Phi) is 4.33. The molecule has 0 aliphatic carbocycles. The number of hydrogen-bond acceptors (Lipinski definition) is 5. The van der Waals surface area contributed by atoms with Crippen LogP contribution >= 0.6 is 0 Å². The van der Waals surface area contributed by atoms with E-state index in [1.165, 1.54) is 0 Å². The topological polar surface area (TPSA) is 68.6 Å². The summed E-state index contributed by atoms with van der Waals surface area (Å²) in [5.41, 5.74) is 0.252. The minimum atomic E-state index is -0.355. The van der Waals surface area contributed by atoms with Crippen LogP contribution in [0.5, 0.6) is 0 Å². The molecule has 2 atom stereocenters. The first-order valence-corrected chi connectivity index (χ1v) is 8.21. The van der Waals surface area contributed by atoms with Crippen molar-refractivity contribution in [2.75, 3.05) is 44.9 Å². The Labute approximate surface area is 136 Å². The van der Waals surface area contributed by atoms with Crippen LogP contribution in [0.15, 0.2) is 6.07 Å². The number of methoxy groups -OCH3 is 1. The molecule has 1 aromatic rings. The Morgan fingerprint density at radius 1 is 1.57 bits per heavy atom. The molecule has 0 spiro atoms. The van der Waals surface area contributed by atoms with Gasteiger partial charge in [-0.3, -0.25) is 4.79 Å². The number of anilines is 1. The Morgan fingerprint density at radius 3 is 3.00 bits per heavy atom. The van der Waals surface area contributed by atoms with Crippen molar-refractivity contribution >= 4 is 11.7 Å². The monoisotopic (exact) mass is 322 g/mol. The molecule has 1 amide bonds. The van der Waals surface area contributed by atoms with Crippen molar-refractivity contribution in [1.29, 1.82) is 0 Å². The van der Waals surface area contributed by atoms with Gasteiger partial charge < -0.3 is 19.7 Å². The summed E-state index contributed by atoms with van der Waals surface area (Å²) in [6, 6.07) is 2.14. The molecule has 23 heavy (non-hydrogen) atoms. The summed E-state index contributed by atoms with van der Waals surface area (Å²) in [7, 11) is 1.69. The van der Waals surface area contributed by atoms with Gasteiger partial charge in [0.2, 0.25) is 0 Å². The van der Waals surface area contributed by atoms with Gasteiger partial charge in [0.1, 0.15) is 11.2 Å². The van der Waals surface area contributed by atoms with Crippen molar-refractivity contribution in [3.8, 4) is 0 Å². The lowest BCUT2D eigenvalue weighted by Crippen LogP contribution is -2.57. The van der Waals surface area contributed by atoms with E-state index >= 15 is 0 Å². The molecule has 1 fully saturated rings. The van der Waals surface area contributed by atoms with Gasteiger partial charge >= 0.3 is 0 Å².